The fourth-order valence-electron chi connectivity index (χ4n) is 0.745. The first-order chi connectivity index (χ1) is 5.27. The first-order valence-corrected chi connectivity index (χ1v) is 3.42. The Bertz CT molecular complexity index is 270. The van der Waals surface area contributed by atoms with Crippen LogP contribution in [0.2, 0.25) is 0 Å². The lowest BCUT2D eigenvalue weighted by molar-refractivity contribution is 0.501. The maximum Gasteiger partial charge on any atom is 0.102 e. The highest BCUT2D eigenvalue weighted by molar-refractivity contribution is 5.21. The fourth-order valence-corrected chi connectivity index (χ4v) is 0.745. The highest BCUT2D eigenvalue weighted by Crippen LogP contribution is 2.02. The van der Waals surface area contributed by atoms with Gasteiger partial charge in [-0.3, -0.25) is 4.68 Å². The van der Waals surface area contributed by atoms with Crippen LogP contribution in [0.15, 0.2) is 12.4 Å². The summed E-state index contributed by atoms with van der Waals surface area (Å²) in [4.78, 5) is 0. The first-order valence-electron chi connectivity index (χ1n) is 3.42. The molecule has 0 aliphatic carbocycles. The van der Waals surface area contributed by atoms with Gasteiger partial charge in [0, 0.05) is 12.7 Å². The van der Waals surface area contributed by atoms with Gasteiger partial charge in [0.25, 0.3) is 0 Å². The highest BCUT2D eigenvalue weighted by atomic mass is 15.3. The molecule has 0 radical (unpaired) electrons. The number of nitrogens with zero attached hydrogens (tertiary/aromatic N) is 3. The maximum absolute atomic E-state index is 8.47. The van der Waals surface area contributed by atoms with Crippen LogP contribution in [0.25, 0.3) is 0 Å². The van der Waals surface area contributed by atoms with Crippen LogP contribution >= 0.6 is 0 Å². The molecule has 1 atom stereocenters. The Hall–Kier alpha value is -1.34. The van der Waals surface area contributed by atoms with E-state index in [0.29, 0.717) is 12.1 Å². The Morgan fingerprint density at radius 1 is 1.91 bits per heavy atom. The van der Waals surface area contributed by atoms with Gasteiger partial charge in [-0.15, -0.1) is 0 Å². The highest BCUT2D eigenvalue weighted by Gasteiger charge is 2.02. The Kier molecular flexibility index (Phi) is 2.24. The molecule has 0 saturated carbocycles. The second kappa shape index (κ2) is 3.17. The van der Waals surface area contributed by atoms with Crippen LogP contribution in [-0.4, -0.2) is 16.3 Å². The minimum Gasteiger partial charge on any atom is -0.328 e. The Morgan fingerprint density at radius 2 is 2.64 bits per heavy atom. The molecule has 0 aromatic carbocycles. The Balaban J connectivity index is 2.82. The van der Waals surface area contributed by atoms with Crippen molar-refractivity contribution in [1.29, 1.82) is 5.26 Å². The van der Waals surface area contributed by atoms with E-state index in [1.807, 2.05) is 13.0 Å². The molecule has 0 aliphatic heterocycles. The van der Waals surface area contributed by atoms with Crippen molar-refractivity contribution < 1.29 is 0 Å². The first kappa shape index (κ1) is 7.76. The summed E-state index contributed by atoms with van der Waals surface area (Å²) in [5, 5.41) is 12.4. The van der Waals surface area contributed by atoms with Crippen molar-refractivity contribution in [1.82, 2.24) is 9.78 Å². The van der Waals surface area contributed by atoms with E-state index in [0.717, 1.165) is 0 Å². The molecular weight excluding hydrogens is 140 g/mol. The van der Waals surface area contributed by atoms with Gasteiger partial charge < -0.3 is 5.73 Å². The van der Waals surface area contributed by atoms with E-state index in [-0.39, 0.29) is 6.04 Å². The molecule has 0 fully saturated rings. The van der Waals surface area contributed by atoms with E-state index >= 15 is 0 Å². The summed E-state index contributed by atoms with van der Waals surface area (Å²) in [5.41, 5.74) is 5.99. The summed E-state index contributed by atoms with van der Waals surface area (Å²) in [6, 6.07) is 2.17. The van der Waals surface area contributed by atoms with Crippen LogP contribution in [0.5, 0.6) is 0 Å². The van der Waals surface area contributed by atoms with Crippen LogP contribution in [-0.2, 0) is 0 Å². The second-order valence-corrected chi connectivity index (χ2v) is 2.41. The second-order valence-electron chi connectivity index (χ2n) is 2.41. The maximum atomic E-state index is 8.47. The van der Waals surface area contributed by atoms with Gasteiger partial charge in [-0.2, -0.15) is 10.4 Å². The molecule has 0 amide bonds. The van der Waals surface area contributed by atoms with Gasteiger partial charge in [-0.05, 0) is 6.92 Å². The molecule has 1 rings (SSSR count). The molecule has 0 bridgehead atoms. The van der Waals surface area contributed by atoms with E-state index < -0.39 is 0 Å². The van der Waals surface area contributed by atoms with E-state index in [4.69, 9.17) is 11.0 Å². The third-order valence-corrected chi connectivity index (χ3v) is 1.52. The van der Waals surface area contributed by atoms with Crippen molar-refractivity contribution in [3.05, 3.63) is 18.0 Å². The quantitative estimate of drug-likeness (QED) is 0.658. The van der Waals surface area contributed by atoms with E-state index in [1.165, 1.54) is 6.20 Å². The zero-order valence-electron chi connectivity index (χ0n) is 6.36. The topological polar surface area (TPSA) is 67.6 Å². The van der Waals surface area contributed by atoms with E-state index in [2.05, 4.69) is 5.10 Å². The van der Waals surface area contributed by atoms with Gasteiger partial charge in [0.15, 0.2) is 0 Å². The van der Waals surface area contributed by atoms with Gasteiger partial charge in [0.1, 0.15) is 6.07 Å². The Morgan fingerprint density at radius 3 is 3.09 bits per heavy atom. The fraction of sp³-hybridized carbons (Fsp3) is 0.429. The number of nitrogens with two attached hydrogens (primary N) is 1. The SMILES string of the molecule is CC(CN)n1cc(C#N)cn1. The molecule has 1 heterocycles. The molecule has 11 heavy (non-hydrogen) atoms. The largest absolute Gasteiger partial charge is 0.328 e. The molecule has 58 valence electrons. The van der Waals surface area contributed by atoms with Crippen molar-refractivity contribution in [2.24, 2.45) is 5.73 Å². The van der Waals surface area contributed by atoms with Crippen LogP contribution in [0, 0.1) is 11.3 Å². The third kappa shape index (κ3) is 1.57. The van der Waals surface area contributed by atoms with Crippen LogP contribution in [0.3, 0.4) is 0 Å². The van der Waals surface area contributed by atoms with Crippen LogP contribution in [0.4, 0.5) is 0 Å². The lowest BCUT2D eigenvalue weighted by atomic mass is 10.3. The summed E-state index contributed by atoms with van der Waals surface area (Å²) >= 11 is 0. The standard InChI is InChI=1S/C7H10N4/c1-6(2-8)11-5-7(3-9)4-10-11/h4-6H,2,8H2,1H3. The molecule has 1 aromatic heterocycles. The van der Waals surface area contributed by atoms with E-state index in [9.17, 15) is 0 Å². The average Bonchev–Trinajstić information content (AvgIpc) is 2.50. The molecule has 1 unspecified atom stereocenters. The molecule has 0 aliphatic rings. The summed E-state index contributed by atoms with van der Waals surface area (Å²) in [6.45, 7) is 2.49. The lowest BCUT2D eigenvalue weighted by Crippen LogP contribution is -2.16. The van der Waals surface area contributed by atoms with Gasteiger partial charge in [-0.1, -0.05) is 0 Å². The summed E-state index contributed by atoms with van der Waals surface area (Å²) in [5.74, 6) is 0. The van der Waals surface area contributed by atoms with Crippen molar-refractivity contribution in [3.63, 3.8) is 0 Å². The monoisotopic (exact) mass is 150 g/mol. The summed E-state index contributed by atoms with van der Waals surface area (Å²) in [7, 11) is 0. The van der Waals surface area contributed by atoms with Gasteiger partial charge in [-0.25, -0.2) is 0 Å². The molecule has 0 saturated heterocycles. The van der Waals surface area contributed by atoms with Crippen molar-refractivity contribution >= 4 is 0 Å². The predicted octanol–water partition coefficient (Wildman–Crippen LogP) is 0.274. The minimum absolute atomic E-state index is 0.164. The predicted molar refractivity (Wildman–Crippen MR) is 40.7 cm³/mol. The minimum atomic E-state index is 0.164. The van der Waals surface area contributed by atoms with Gasteiger partial charge in [0.05, 0.1) is 17.8 Å². The zero-order valence-corrected chi connectivity index (χ0v) is 6.36. The number of nitriles is 1. The molecule has 1 aromatic rings. The number of hydrogen-bond donors (Lipinski definition) is 1. The number of hydrogen-bond acceptors (Lipinski definition) is 3. The van der Waals surface area contributed by atoms with E-state index in [1.54, 1.807) is 10.9 Å². The number of rotatable bonds is 2. The summed E-state index contributed by atoms with van der Waals surface area (Å²) in [6.07, 6.45) is 3.23. The van der Waals surface area contributed by atoms with Crippen molar-refractivity contribution in [3.8, 4) is 6.07 Å². The van der Waals surface area contributed by atoms with Crippen LogP contribution < -0.4 is 5.73 Å². The molecule has 4 heteroatoms. The lowest BCUT2D eigenvalue weighted by Gasteiger charge is -2.06. The molecular formula is C7H10N4. The summed E-state index contributed by atoms with van der Waals surface area (Å²) < 4.78 is 1.69. The molecule has 4 nitrogen and oxygen atoms in total. The van der Waals surface area contributed by atoms with Gasteiger partial charge >= 0.3 is 0 Å². The van der Waals surface area contributed by atoms with Crippen LogP contribution in [0.1, 0.15) is 18.5 Å². The number of aromatic nitrogens is 2. The van der Waals surface area contributed by atoms with Crippen molar-refractivity contribution in [2.45, 2.75) is 13.0 Å². The van der Waals surface area contributed by atoms with Gasteiger partial charge in [0.2, 0.25) is 0 Å². The average molecular weight is 150 g/mol. The third-order valence-electron chi connectivity index (χ3n) is 1.52. The normalized spacial score (nSPS) is 12.5. The molecule has 2 N–H and O–H groups in total. The zero-order chi connectivity index (χ0) is 8.27. The van der Waals surface area contributed by atoms with Crippen molar-refractivity contribution in [2.75, 3.05) is 6.54 Å². The Labute approximate surface area is 65.2 Å². The smallest absolute Gasteiger partial charge is 0.102 e. The molecule has 0 spiro atoms.